The van der Waals surface area contributed by atoms with Crippen molar-refractivity contribution >= 4 is 17.9 Å². The summed E-state index contributed by atoms with van der Waals surface area (Å²) in [7, 11) is 0. The summed E-state index contributed by atoms with van der Waals surface area (Å²) in [6.07, 6.45) is 2.49. The number of carbonyl (C=O) groups excluding carboxylic acids is 2. The van der Waals surface area contributed by atoms with Crippen LogP contribution in [0, 0.1) is 5.92 Å². The summed E-state index contributed by atoms with van der Waals surface area (Å²) in [5.41, 5.74) is 4.95. The summed E-state index contributed by atoms with van der Waals surface area (Å²) in [5.74, 6) is -1.58. The average molecular weight is 285 g/mol. The number of amides is 3. The van der Waals surface area contributed by atoms with E-state index < -0.39 is 30.4 Å². The van der Waals surface area contributed by atoms with Gasteiger partial charge < -0.3 is 26.2 Å². The maximum atomic E-state index is 11.8. The third-order valence-corrected chi connectivity index (χ3v) is 3.55. The molecule has 0 spiro atoms. The first-order valence-electron chi connectivity index (χ1n) is 6.67. The molecule has 20 heavy (non-hydrogen) atoms. The van der Waals surface area contributed by atoms with E-state index in [2.05, 4.69) is 10.6 Å². The van der Waals surface area contributed by atoms with Crippen LogP contribution in [0.2, 0.25) is 0 Å². The lowest BCUT2D eigenvalue weighted by Crippen LogP contribution is -2.52. The highest BCUT2D eigenvalue weighted by molar-refractivity contribution is 5.87. The van der Waals surface area contributed by atoms with E-state index in [1.807, 2.05) is 0 Å². The number of carboxylic acid groups (broad SMARTS) is 1. The lowest BCUT2D eigenvalue weighted by atomic mass is 10.1. The zero-order valence-electron chi connectivity index (χ0n) is 11.0. The third-order valence-electron chi connectivity index (χ3n) is 3.55. The monoisotopic (exact) mass is 285 g/mol. The highest BCUT2D eigenvalue weighted by Gasteiger charge is 2.41. The summed E-state index contributed by atoms with van der Waals surface area (Å²) < 4.78 is 5.57. The smallest absolute Gasteiger partial charge is 0.326 e. The van der Waals surface area contributed by atoms with E-state index >= 15 is 0 Å². The summed E-state index contributed by atoms with van der Waals surface area (Å²) in [4.78, 5) is 33.5. The molecule has 0 aromatic rings. The van der Waals surface area contributed by atoms with Crippen LogP contribution in [0.1, 0.15) is 25.7 Å². The molecule has 2 unspecified atom stereocenters. The quantitative estimate of drug-likeness (QED) is 0.506. The molecule has 0 aromatic heterocycles. The number of ether oxygens (including phenoxy) is 1. The zero-order valence-corrected chi connectivity index (χ0v) is 11.0. The summed E-state index contributed by atoms with van der Waals surface area (Å²) >= 11 is 0. The van der Waals surface area contributed by atoms with Crippen LogP contribution in [0.4, 0.5) is 4.79 Å². The highest BCUT2D eigenvalue weighted by Crippen LogP contribution is 2.38. The van der Waals surface area contributed by atoms with Gasteiger partial charge in [0.1, 0.15) is 6.04 Å². The molecule has 1 heterocycles. The Labute approximate surface area is 116 Å². The van der Waals surface area contributed by atoms with Gasteiger partial charge in [-0.05, 0) is 25.2 Å². The van der Waals surface area contributed by atoms with Crippen molar-refractivity contribution in [2.45, 2.75) is 43.9 Å². The van der Waals surface area contributed by atoms with Crippen molar-refractivity contribution in [1.29, 1.82) is 0 Å². The van der Waals surface area contributed by atoms with E-state index in [4.69, 9.17) is 15.6 Å². The molecule has 5 N–H and O–H groups in total. The van der Waals surface area contributed by atoms with Crippen molar-refractivity contribution in [2.24, 2.45) is 11.7 Å². The van der Waals surface area contributed by atoms with Crippen LogP contribution in [0.3, 0.4) is 0 Å². The van der Waals surface area contributed by atoms with Crippen molar-refractivity contribution in [3.63, 3.8) is 0 Å². The second kappa shape index (κ2) is 6.08. The van der Waals surface area contributed by atoms with Crippen molar-refractivity contribution in [2.75, 3.05) is 6.61 Å². The topological polar surface area (TPSA) is 131 Å². The van der Waals surface area contributed by atoms with Gasteiger partial charge in [0.05, 0.1) is 18.6 Å². The normalized spacial score (nSPS) is 26.8. The summed E-state index contributed by atoms with van der Waals surface area (Å²) in [6, 6.07) is -2.03. The first-order valence-corrected chi connectivity index (χ1v) is 6.67. The number of hydrogen-bond acceptors (Lipinski definition) is 4. The number of carbonyl (C=O) groups is 3. The number of primary amides is 1. The van der Waals surface area contributed by atoms with Crippen LogP contribution in [-0.2, 0) is 14.3 Å². The van der Waals surface area contributed by atoms with E-state index in [1.54, 1.807) is 0 Å². The fourth-order valence-electron chi connectivity index (χ4n) is 2.42. The highest BCUT2D eigenvalue weighted by atomic mass is 16.5. The average Bonchev–Trinajstić information content (AvgIpc) is 3.09. The minimum absolute atomic E-state index is 0.0140. The van der Waals surface area contributed by atoms with Gasteiger partial charge in [0.25, 0.3) is 0 Å². The van der Waals surface area contributed by atoms with E-state index in [0.717, 1.165) is 12.8 Å². The van der Waals surface area contributed by atoms with Gasteiger partial charge in [-0.1, -0.05) is 0 Å². The molecule has 1 aliphatic carbocycles. The maximum absolute atomic E-state index is 11.8. The Kier molecular flexibility index (Phi) is 4.43. The van der Waals surface area contributed by atoms with Crippen LogP contribution in [0.25, 0.3) is 0 Å². The third kappa shape index (κ3) is 3.83. The van der Waals surface area contributed by atoms with Crippen LogP contribution in [0.15, 0.2) is 0 Å². The molecule has 2 fully saturated rings. The van der Waals surface area contributed by atoms with E-state index in [0.29, 0.717) is 18.9 Å². The van der Waals surface area contributed by atoms with E-state index in [1.165, 1.54) is 0 Å². The Morgan fingerprint density at radius 3 is 2.55 bits per heavy atom. The van der Waals surface area contributed by atoms with Gasteiger partial charge in [-0.2, -0.15) is 0 Å². The molecule has 1 aliphatic heterocycles. The first kappa shape index (κ1) is 14.6. The first-order chi connectivity index (χ1) is 9.47. The standard InChI is InChI=1S/C12H19N3O5/c13-9(16)5-8(11(17)18)15-12(19)14-7-3-4-20-10(7)6-1-2-6/h6-8,10H,1-5H2,(H2,13,16)(H,17,18)(H2,14,15,19)/t7?,8-,10?/m0/s1. The molecule has 0 aromatic carbocycles. The number of nitrogens with two attached hydrogens (primary N) is 1. The molecule has 8 heteroatoms. The number of rotatable bonds is 6. The molecular formula is C12H19N3O5. The minimum atomic E-state index is -1.31. The molecule has 8 nitrogen and oxygen atoms in total. The fraction of sp³-hybridized carbons (Fsp3) is 0.750. The van der Waals surface area contributed by atoms with Crippen LogP contribution < -0.4 is 16.4 Å². The SMILES string of the molecule is NC(=O)C[C@H](NC(=O)NC1CCOC1C1CC1)C(=O)O. The van der Waals surface area contributed by atoms with Gasteiger partial charge in [-0.25, -0.2) is 9.59 Å². The Balaban J connectivity index is 1.84. The largest absolute Gasteiger partial charge is 0.480 e. The van der Waals surface area contributed by atoms with Gasteiger partial charge in [-0.3, -0.25) is 4.79 Å². The Hall–Kier alpha value is -1.83. The Morgan fingerprint density at radius 2 is 2.00 bits per heavy atom. The van der Waals surface area contributed by atoms with Crippen molar-refractivity contribution < 1.29 is 24.2 Å². The van der Waals surface area contributed by atoms with Gasteiger partial charge in [0.15, 0.2) is 0 Å². The number of hydrogen-bond donors (Lipinski definition) is 4. The fourth-order valence-corrected chi connectivity index (χ4v) is 2.42. The second-order valence-electron chi connectivity index (χ2n) is 5.25. The van der Waals surface area contributed by atoms with Gasteiger partial charge in [0, 0.05) is 6.61 Å². The zero-order chi connectivity index (χ0) is 14.7. The summed E-state index contributed by atoms with van der Waals surface area (Å²) in [6.45, 7) is 0.593. The number of carboxylic acids is 1. The maximum Gasteiger partial charge on any atom is 0.326 e. The molecular weight excluding hydrogens is 266 g/mol. The molecule has 0 bridgehead atoms. The predicted molar refractivity (Wildman–Crippen MR) is 67.8 cm³/mol. The van der Waals surface area contributed by atoms with Crippen LogP contribution in [0.5, 0.6) is 0 Å². The molecule has 2 aliphatic rings. The van der Waals surface area contributed by atoms with E-state index in [9.17, 15) is 14.4 Å². The Bertz CT molecular complexity index is 410. The second-order valence-corrected chi connectivity index (χ2v) is 5.25. The lowest BCUT2D eigenvalue weighted by Gasteiger charge is -2.21. The van der Waals surface area contributed by atoms with Crippen molar-refractivity contribution in [1.82, 2.24) is 10.6 Å². The molecule has 0 radical (unpaired) electrons. The molecule has 2 rings (SSSR count). The van der Waals surface area contributed by atoms with E-state index in [-0.39, 0.29) is 12.1 Å². The van der Waals surface area contributed by atoms with Crippen LogP contribution >= 0.6 is 0 Å². The molecule has 1 saturated carbocycles. The van der Waals surface area contributed by atoms with Gasteiger partial charge in [-0.15, -0.1) is 0 Å². The van der Waals surface area contributed by atoms with Crippen molar-refractivity contribution in [3.8, 4) is 0 Å². The lowest BCUT2D eigenvalue weighted by molar-refractivity contribution is -0.140. The van der Waals surface area contributed by atoms with Gasteiger partial charge >= 0.3 is 12.0 Å². The number of nitrogens with one attached hydrogen (secondary N) is 2. The predicted octanol–water partition coefficient (Wildman–Crippen LogP) is -0.818. The molecule has 1 saturated heterocycles. The molecule has 3 amide bonds. The Morgan fingerprint density at radius 1 is 1.30 bits per heavy atom. The minimum Gasteiger partial charge on any atom is -0.480 e. The number of aliphatic carboxylic acids is 1. The summed E-state index contributed by atoms with van der Waals surface area (Å²) in [5, 5.41) is 13.9. The number of urea groups is 1. The van der Waals surface area contributed by atoms with Crippen molar-refractivity contribution in [3.05, 3.63) is 0 Å². The van der Waals surface area contributed by atoms with Gasteiger partial charge in [0.2, 0.25) is 5.91 Å². The molecule has 112 valence electrons. The van der Waals surface area contributed by atoms with Crippen LogP contribution in [-0.4, -0.2) is 47.8 Å². The molecule has 3 atom stereocenters.